The van der Waals surface area contributed by atoms with Crippen molar-refractivity contribution in [2.24, 2.45) is 11.3 Å². The number of halogens is 2. The van der Waals surface area contributed by atoms with Crippen LogP contribution in [-0.2, 0) is 11.2 Å². The Kier molecular flexibility index (Phi) is 7.85. The number of likely N-dealkylation sites (tertiary alicyclic amines) is 1. The lowest BCUT2D eigenvalue weighted by Crippen LogP contribution is -2.46. The minimum atomic E-state index is -0.388. The molecule has 1 saturated heterocycles. The highest BCUT2D eigenvalue weighted by Crippen LogP contribution is 2.28. The van der Waals surface area contributed by atoms with Crippen LogP contribution in [0.15, 0.2) is 24.3 Å². The van der Waals surface area contributed by atoms with E-state index in [0.29, 0.717) is 5.92 Å². The molecule has 3 nitrogen and oxygen atoms in total. The van der Waals surface area contributed by atoms with E-state index >= 15 is 0 Å². The number of carbonyl (C=O) groups excluding carboxylic acids is 1. The van der Waals surface area contributed by atoms with Gasteiger partial charge in [0.2, 0.25) is 5.91 Å². The van der Waals surface area contributed by atoms with E-state index in [2.05, 4.69) is 5.32 Å². The molecule has 0 saturated carbocycles. The number of piperidine rings is 1. The van der Waals surface area contributed by atoms with Crippen LogP contribution in [-0.4, -0.2) is 37.5 Å². The number of nitrogens with one attached hydrogen (secondary N) is 1. The van der Waals surface area contributed by atoms with Gasteiger partial charge < -0.3 is 10.2 Å². The zero-order chi connectivity index (χ0) is 16.2. The average molecular weight is 359 g/mol. The summed E-state index contributed by atoms with van der Waals surface area (Å²) in [7, 11) is 1.99. The molecular weight excluding hydrogens is 331 g/mol. The Hall–Kier alpha value is -0.770. The molecule has 0 aromatic heterocycles. The molecule has 130 valence electrons. The van der Waals surface area contributed by atoms with Crippen molar-refractivity contribution < 1.29 is 4.79 Å². The number of carbonyl (C=O) groups is 1. The van der Waals surface area contributed by atoms with Crippen LogP contribution < -0.4 is 5.32 Å². The summed E-state index contributed by atoms with van der Waals surface area (Å²) >= 11 is 6.05. The third kappa shape index (κ3) is 5.66. The van der Waals surface area contributed by atoms with Crippen molar-refractivity contribution in [1.82, 2.24) is 10.2 Å². The van der Waals surface area contributed by atoms with E-state index in [9.17, 15) is 4.79 Å². The van der Waals surface area contributed by atoms with Crippen LogP contribution in [0.4, 0.5) is 0 Å². The first-order chi connectivity index (χ1) is 10.4. The molecule has 0 unspecified atom stereocenters. The molecule has 0 spiro atoms. The Morgan fingerprint density at radius 1 is 1.35 bits per heavy atom. The van der Waals surface area contributed by atoms with E-state index in [0.717, 1.165) is 49.5 Å². The predicted octanol–water partition coefficient (Wildman–Crippen LogP) is 3.79. The van der Waals surface area contributed by atoms with Crippen molar-refractivity contribution in [2.45, 2.75) is 33.1 Å². The Morgan fingerprint density at radius 3 is 2.57 bits per heavy atom. The lowest BCUT2D eigenvalue weighted by molar-refractivity contribution is -0.141. The number of rotatable bonds is 5. The number of hydrogen-bond acceptors (Lipinski definition) is 2. The predicted molar refractivity (Wildman–Crippen MR) is 99.4 cm³/mol. The van der Waals surface area contributed by atoms with Gasteiger partial charge in [-0.15, -0.1) is 12.4 Å². The van der Waals surface area contributed by atoms with Gasteiger partial charge in [0.05, 0.1) is 0 Å². The van der Waals surface area contributed by atoms with Gasteiger partial charge in [-0.2, -0.15) is 0 Å². The van der Waals surface area contributed by atoms with E-state index in [1.54, 1.807) is 0 Å². The zero-order valence-corrected chi connectivity index (χ0v) is 15.8. The van der Waals surface area contributed by atoms with Gasteiger partial charge in [-0.05, 0) is 56.5 Å². The minimum absolute atomic E-state index is 0. The summed E-state index contributed by atoms with van der Waals surface area (Å²) in [5.74, 6) is 0.959. The molecule has 0 atom stereocenters. The van der Waals surface area contributed by atoms with Crippen LogP contribution in [0.3, 0.4) is 0 Å². The first kappa shape index (κ1) is 20.3. The van der Waals surface area contributed by atoms with E-state index in [1.165, 1.54) is 0 Å². The highest BCUT2D eigenvalue weighted by atomic mass is 35.5. The van der Waals surface area contributed by atoms with Crippen LogP contribution in [0.25, 0.3) is 0 Å². The highest BCUT2D eigenvalue weighted by Gasteiger charge is 2.34. The lowest BCUT2D eigenvalue weighted by atomic mass is 9.83. The van der Waals surface area contributed by atoms with Gasteiger partial charge in [0.15, 0.2) is 0 Å². The zero-order valence-electron chi connectivity index (χ0n) is 14.3. The normalized spacial score (nSPS) is 16.1. The monoisotopic (exact) mass is 358 g/mol. The summed E-state index contributed by atoms with van der Waals surface area (Å²) < 4.78 is 0. The smallest absolute Gasteiger partial charge is 0.228 e. The van der Waals surface area contributed by atoms with Gasteiger partial charge >= 0.3 is 0 Å². The second-order valence-corrected chi connectivity index (χ2v) is 7.42. The molecule has 1 heterocycles. The van der Waals surface area contributed by atoms with Crippen molar-refractivity contribution >= 4 is 29.9 Å². The van der Waals surface area contributed by atoms with Crippen molar-refractivity contribution in [1.29, 1.82) is 0 Å². The van der Waals surface area contributed by atoms with Crippen LogP contribution >= 0.6 is 24.0 Å². The minimum Gasteiger partial charge on any atom is -0.342 e. The third-order valence-electron chi connectivity index (χ3n) is 4.51. The topological polar surface area (TPSA) is 32.3 Å². The summed E-state index contributed by atoms with van der Waals surface area (Å²) in [6.07, 6.45) is 2.92. The maximum Gasteiger partial charge on any atom is 0.228 e. The third-order valence-corrected chi connectivity index (χ3v) is 4.74. The fourth-order valence-corrected chi connectivity index (χ4v) is 3.50. The summed E-state index contributed by atoms with van der Waals surface area (Å²) in [4.78, 5) is 14.9. The second kappa shape index (κ2) is 8.91. The first-order valence-electron chi connectivity index (χ1n) is 8.11. The number of hydrogen-bond donors (Lipinski definition) is 1. The number of benzene rings is 1. The molecule has 1 aromatic carbocycles. The molecule has 1 aliphatic heterocycles. The quantitative estimate of drug-likeness (QED) is 0.868. The van der Waals surface area contributed by atoms with Gasteiger partial charge in [0.1, 0.15) is 0 Å². The number of amides is 1. The molecule has 5 heteroatoms. The fourth-order valence-electron chi connectivity index (χ4n) is 3.29. The average Bonchev–Trinajstić information content (AvgIpc) is 2.47. The molecule has 2 rings (SSSR count). The lowest BCUT2D eigenvalue weighted by Gasteiger charge is -2.37. The Balaban J connectivity index is 0.00000264. The van der Waals surface area contributed by atoms with E-state index in [1.807, 2.05) is 50.1 Å². The SMILES string of the molecule is CNCC1CCN(C(=O)C(C)(C)Cc2cccc(Cl)c2)CC1.Cl. The Morgan fingerprint density at radius 2 is 2.00 bits per heavy atom. The van der Waals surface area contributed by atoms with Crippen LogP contribution in [0.2, 0.25) is 5.02 Å². The summed E-state index contributed by atoms with van der Waals surface area (Å²) in [5.41, 5.74) is 0.733. The van der Waals surface area contributed by atoms with Gasteiger partial charge in [0, 0.05) is 23.5 Å². The van der Waals surface area contributed by atoms with Crippen molar-refractivity contribution in [2.75, 3.05) is 26.7 Å². The number of nitrogens with zero attached hydrogens (tertiary/aromatic N) is 1. The van der Waals surface area contributed by atoms with Gasteiger partial charge in [-0.3, -0.25) is 4.79 Å². The fraction of sp³-hybridized carbons (Fsp3) is 0.611. The molecule has 0 aliphatic carbocycles. The van der Waals surface area contributed by atoms with Gasteiger partial charge in [-0.25, -0.2) is 0 Å². The summed E-state index contributed by atoms with van der Waals surface area (Å²) in [6.45, 7) is 6.88. The largest absolute Gasteiger partial charge is 0.342 e. The molecule has 0 bridgehead atoms. The molecule has 1 N–H and O–H groups in total. The van der Waals surface area contributed by atoms with Crippen LogP contribution in [0.5, 0.6) is 0 Å². The molecule has 1 amide bonds. The maximum atomic E-state index is 12.9. The van der Waals surface area contributed by atoms with Crippen molar-refractivity contribution in [3.63, 3.8) is 0 Å². The standard InChI is InChI=1S/C18H27ClN2O.ClH/c1-18(2,12-15-5-4-6-16(19)11-15)17(22)21-9-7-14(8-10-21)13-20-3;/h4-6,11,14,20H,7-10,12-13H2,1-3H3;1H. The van der Waals surface area contributed by atoms with Crippen LogP contribution in [0, 0.1) is 11.3 Å². The molecule has 1 fully saturated rings. The molecule has 23 heavy (non-hydrogen) atoms. The van der Waals surface area contributed by atoms with Crippen molar-refractivity contribution in [3.05, 3.63) is 34.9 Å². The summed E-state index contributed by atoms with van der Waals surface area (Å²) in [5, 5.41) is 3.96. The maximum absolute atomic E-state index is 12.9. The van der Waals surface area contributed by atoms with Crippen LogP contribution in [0.1, 0.15) is 32.3 Å². The molecular formula is C18H28Cl2N2O. The summed E-state index contributed by atoms with van der Waals surface area (Å²) in [6, 6.07) is 7.81. The van der Waals surface area contributed by atoms with E-state index < -0.39 is 0 Å². The van der Waals surface area contributed by atoms with Gasteiger partial charge in [-0.1, -0.05) is 37.6 Å². The molecule has 0 radical (unpaired) electrons. The highest BCUT2D eigenvalue weighted by molar-refractivity contribution is 6.30. The molecule has 1 aromatic rings. The second-order valence-electron chi connectivity index (χ2n) is 6.98. The Labute approximate surface area is 151 Å². The molecule has 1 aliphatic rings. The van der Waals surface area contributed by atoms with E-state index in [-0.39, 0.29) is 23.7 Å². The first-order valence-corrected chi connectivity index (χ1v) is 8.48. The van der Waals surface area contributed by atoms with Crippen molar-refractivity contribution in [3.8, 4) is 0 Å². The van der Waals surface area contributed by atoms with E-state index in [4.69, 9.17) is 11.6 Å². The van der Waals surface area contributed by atoms with Gasteiger partial charge in [0.25, 0.3) is 0 Å². The Bertz CT molecular complexity index is 511.